The van der Waals surface area contributed by atoms with Gasteiger partial charge in [-0.05, 0) is 24.7 Å². The highest BCUT2D eigenvalue weighted by Gasteiger charge is 2.14. The molecule has 0 aliphatic rings. The number of nitrogens with one attached hydrogen (secondary N) is 1. The summed E-state index contributed by atoms with van der Waals surface area (Å²) in [7, 11) is 0. The number of hydrogen-bond donors (Lipinski definition) is 1. The molecule has 2 aromatic heterocycles. The molecule has 0 amide bonds. The summed E-state index contributed by atoms with van der Waals surface area (Å²) < 4.78 is 7.37. The Bertz CT molecular complexity index is 672. The predicted molar refractivity (Wildman–Crippen MR) is 76.4 cm³/mol. The van der Waals surface area contributed by atoms with Crippen molar-refractivity contribution in [1.82, 2.24) is 20.3 Å². The fourth-order valence-corrected chi connectivity index (χ4v) is 2.12. The van der Waals surface area contributed by atoms with Crippen molar-refractivity contribution in [3.8, 4) is 16.9 Å². The summed E-state index contributed by atoms with van der Waals surface area (Å²) in [5.74, 6) is 0.895. The van der Waals surface area contributed by atoms with Gasteiger partial charge in [-0.25, -0.2) is 4.68 Å². The summed E-state index contributed by atoms with van der Waals surface area (Å²) in [5.41, 5.74) is 2.92. The highest BCUT2D eigenvalue weighted by molar-refractivity contribution is 5.63. The molecule has 20 heavy (non-hydrogen) atoms. The lowest BCUT2D eigenvalue weighted by molar-refractivity contribution is 0.488. The van der Waals surface area contributed by atoms with E-state index in [0.717, 1.165) is 29.2 Å². The maximum Gasteiger partial charge on any atom is 0.126 e. The lowest BCUT2D eigenvalue weighted by atomic mass is 10.2. The van der Waals surface area contributed by atoms with Crippen LogP contribution in [0.1, 0.15) is 12.7 Å². The van der Waals surface area contributed by atoms with E-state index in [-0.39, 0.29) is 0 Å². The number of para-hydroxylation sites is 1. The predicted octanol–water partition coefficient (Wildman–Crippen LogP) is 2.64. The van der Waals surface area contributed by atoms with Crippen LogP contribution in [0.15, 0.2) is 53.3 Å². The molecule has 2 heterocycles. The van der Waals surface area contributed by atoms with E-state index >= 15 is 0 Å². The van der Waals surface area contributed by atoms with E-state index in [0.29, 0.717) is 6.54 Å². The topological polar surface area (TPSA) is 55.9 Å². The zero-order chi connectivity index (χ0) is 13.8. The molecule has 0 atom stereocenters. The Kier molecular flexibility index (Phi) is 3.60. The van der Waals surface area contributed by atoms with Gasteiger partial charge in [0.25, 0.3) is 0 Å². The number of hydrogen-bond acceptors (Lipinski definition) is 4. The Morgan fingerprint density at radius 2 is 2.05 bits per heavy atom. The Morgan fingerprint density at radius 3 is 2.85 bits per heavy atom. The van der Waals surface area contributed by atoms with Gasteiger partial charge < -0.3 is 9.73 Å². The first-order valence-corrected chi connectivity index (χ1v) is 6.63. The van der Waals surface area contributed by atoms with Gasteiger partial charge in [-0.1, -0.05) is 30.3 Å². The maximum absolute atomic E-state index is 5.55. The molecule has 0 unspecified atom stereocenters. The second-order valence-corrected chi connectivity index (χ2v) is 4.40. The van der Waals surface area contributed by atoms with Crippen molar-refractivity contribution in [3.63, 3.8) is 0 Å². The molecule has 3 rings (SSSR count). The van der Waals surface area contributed by atoms with E-state index in [1.807, 2.05) is 41.1 Å². The van der Waals surface area contributed by atoms with Gasteiger partial charge in [0, 0.05) is 5.56 Å². The molecule has 0 saturated carbocycles. The minimum atomic E-state index is 0.693. The summed E-state index contributed by atoms with van der Waals surface area (Å²) in [6, 6.07) is 11.9. The fraction of sp³-hybridized carbons (Fsp3) is 0.200. The van der Waals surface area contributed by atoms with Gasteiger partial charge >= 0.3 is 0 Å². The molecule has 5 nitrogen and oxygen atoms in total. The SMILES string of the molecule is CCNCc1occc1-c1cnnn1-c1ccccc1. The second-order valence-electron chi connectivity index (χ2n) is 4.40. The molecule has 0 bridgehead atoms. The van der Waals surface area contributed by atoms with Crippen molar-refractivity contribution in [2.75, 3.05) is 6.54 Å². The summed E-state index contributed by atoms with van der Waals surface area (Å²) >= 11 is 0. The van der Waals surface area contributed by atoms with Crippen molar-refractivity contribution in [2.24, 2.45) is 0 Å². The third-order valence-corrected chi connectivity index (χ3v) is 3.11. The average molecular weight is 268 g/mol. The zero-order valence-corrected chi connectivity index (χ0v) is 11.3. The van der Waals surface area contributed by atoms with Gasteiger partial charge in [0.1, 0.15) is 5.76 Å². The second kappa shape index (κ2) is 5.71. The molecule has 102 valence electrons. The summed E-state index contributed by atoms with van der Waals surface area (Å²) in [5, 5.41) is 11.5. The van der Waals surface area contributed by atoms with E-state index in [9.17, 15) is 0 Å². The molecule has 3 aromatic rings. The number of furan rings is 1. The van der Waals surface area contributed by atoms with Crippen LogP contribution in [0.2, 0.25) is 0 Å². The normalized spacial score (nSPS) is 10.8. The minimum Gasteiger partial charge on any atom is -0.467 e. The van der Waals surface area contributed by atoms with Crippen LogP contribution in [0.4, 0.5) is 0 Å². The first kappa shape index (κ1) is 12.6. The maximum atomic E-state index is 5.55. The van der Waals surface area contributed by atoms with Gasteiger partial charge in [0.05, 0.1) is 30.4 Å². The molecule has 1 aromatic carbocycles. The van der Waals surface area contributed by atoms with Crippen LogP contribution >= 0.6 is 0 Å². The minimum absolute atomic E-state index is 0.693. The van der Waals surface area contributed by atoms with Crippen molar-refractivity contribution >= 4 is 0 Å². The van der Waals surface area contributed by atoms with E-state index in [2.05, 4.69) is 22.6 Å². The first-order chi connectivity index (χ1) is 9.90. The molecule has 0 radical (unpaired) electrons. The fourth-order valence-electron chi connectivity index (χ4n) is 2.12. The highest BCUT2D eigenvalue weighted by atomic mass is 16.3. The van der Waals surface area contributed by atoms with Crippen LogP contribution < -0.4 is 5.32 Å². The molecule has 0 aliphatic carbocycles. The molecule has 0 spiro atoms. The number of rotatable bonds is 5. The smallest absolute Gasteiger partial charge is 0.126 e. The third-order valence-electron chi connectivity index (χ3n) is 3.11. The van der Waals surface area contributed by atoms with E-state index in [1.165, 1.54) is 0 Å². The van der Waals surface area contributed by atoms with Crippen LogP contribution in [0.5, 0.6) is 0 Å². The van der Waals surface area contributed by atoms with E-state index in [4.69, 9.17) is 4.42 Å². The van der Waals surface area contributed by atoms with Crippen LogP contribution in [-0.2, 0) is 6.54 Å². The standard InChI is InChI=1S/C15H16N4O/c1-2-16-11-15-13(8-9-20-15)14-10-17-18-19(14)12-6-4-3-5-7-12/h3-10,16H,2,11H2,1H3. The molecule has 0 aliphatic heterocycles. The summed E-state index contributed by atoms with van der Waals surface area (Å²) in [4.78, 5) is 0. The monoisotopic (exact) mass is 268 g/mol. The lowest BCUT2D eigenvalue weighted by Crippen LogP contribution is -2.12. The van der Waals surface area contributed by atoms with Crippen LogP contribution in [0, 0.1) is 0 Å². The Balaban J connectivity index is 2.00. The molecule has 1 N–H and O–H groups in total. The number of nitrogens with zero attached hydrogens (tertiary/aromatic N) is 3. The Labute approximate surface area is 117 Å². The third kappa shape index (κ3) is 2.35. The van der Waals surface area contributed by atoms with E-state index < -0.39 is 0 Å². The highest BCUT2D eigenvalue weighted by Crippen LogP contribution is 2.26. The zero-order valence-electron chi connectivity index (χ0n) is 11.3. The molecular formula is C15H16N4O. The van der Waals surface area contributed by atoms with Crippen LogP contribution in [0.25, 0.3) is 16.9 Å². The Morgan fingerprint density at radius 1 is 1.20 bits per heavy atom. The molecule has 0 fully saturated rings. The number of aromatic nitrogens is 3. The van der Waals surface area contributed by atoms with Gasteiger partial charge in [0.2, 0.25) is 0 Å². The quantitative estimate of drug-likeness (QED) is 0.773. The van der Waals surface area contributed by atoms with E-state index in [1.54, 1.807) is 12.5 Å². The van der Waals surface area contributed by atoms with Crippen molar-refractivity contribution in [3.05, 3.63) is 54.6 Å². The molecular weight excluding hydrogens is 252 g/mol. The van der Waals surface area contributed by atoms with Crippen molar-refractivity contribution in [2.45, 2.75) is 13.5 Å². The lowest BCUT2D eigenvalue weighted by Gasteiger charge is -2.06. The Hall–Kier alpha value is -2.40. The number of benzene rings is 1. The summed E-state index contributed by atoms with van der Waals surface area (Å²) in [6.07, 6.45) is 3.46. The van der Waals surface area contributed by atoms with Gasteiger partial charge in [0.15, 0.2) is 0 Å². The van der Waals surface area contributed by atoms with Crippen LogP contribution in [0.3, 0.4) is 0 Å². The largest absolute Gasteiger partial charge is 0.467 e. The van der Waals surface area contributed by atoms with Gasteiger partial charge in [-0.15, -0.1) is 5.10 Å². The molecule has 5 heteroatoms. The van der Waals surface area contributed by atoms with Crippen molar-refractivity contribution in [1.29, 1.82) is 0 Å². The molecule has 0 saturated heterocycles. The van der Waals surface area contributed by atoms with Crippen molar-refractivity contribution < 1.29 is 4.42 Å². The summed E-state index contributed by atoms with van der Waals surface area (Å²) in [6.45, 7) is 3.66. The first-order valence-electron chi connectivity index (χ1n) is 6.63. The van der Waals surface area contributed by atoms with Gasteiger partial charge in [-0.2, -0.15) is 0 Å². The average Bonchev–Trinajstić information content (AvgIpc) is 3.14. The van der Waals surface area contributed by atoms with Crippen LogP contribution in [-0.4, -0.2) is 21.5 Å². The van der Waals surface area contributed by atoms with Gasteiger partial charge in [-0.3, -0.25) is 0 Å².